The summed E-state index contributed by atoms with van der Waals surface area (Å²) in [4.78, 5) is 24.6. The molecule has 0 aromatic heterocycles. The second-order valence-corrected chi connectivity index (χ2v) is 8.88. The number of halogens is 3. The number of nitriles is 1. The molecule has 3 rings (SSSR count). The molecule has 0 aliphatic carbocycles. The van der Waals surface area contributed by atoms with E-state index in [9.17, 15) is 28.0 Å². The third kappa shape index (κ3) is 6.17. The highest BCUT2D eigenvalue weighted by molar-refractivity contribution is 8.03. The fraction of sp³-hybridized carbons (Fsp3) is 0.292. The van der Waals surface area contributed by atoms with Crippen LogP contribution in [0.2, 0.25) is 0 Å². The van der Waals surface area contributed by atoms with E-state index in [1.807, 2.05) is 24.3 Å². The van der Waals surface area contributed by atoms with Crippen LogP contribution in [-0.2, 0) is 15.8 Å². The molecule has 9 heteroatoms. The number of nitrogens with zero attached hydrogens (tertiary/aromatic N) is 1. The van der Waals surface area contributed by atoms with Crippen molar-refractivity contribution >= 4 is 29.3 Å². The number of hydrogen-bond donors (Lipinski definition) is 2. The predicted molar refractivity (Wildman–Crippen MR) is 121 cm³/mol. The number of allylic oxidation sites excluding steroid dienone is 1. The summed E-state index contributed by atoms with van der Waals surface area (Å²) >= 11 is 0.968. The first-order valence-electron chi connectivity index (χ1n) is 10.2. The molecule has 1 aliphatic heterocycles. The molecule has 2 aromatic rings. The van der Waals surface area contributed by atoms with E-state index in [0.717, 1.165) is 35.0 Å². The summed E-state index contributed by atoms with van der Waals surface area (Å²) in [6.07, 6.45) is -4.40. The average Bonchev–Trinajstić information content (AvgIpc) is 2.77. The van der Waals surface area contributed by atoms with Crippen LogP contribution < -0.4 is 10.6 Å². The van der Waals surface area contributed by atoms with Crippen molar-refractivity contribution in [2.24, 2.45) is 0 Å². The molecule has 1 atom stereocenters. The Balaban J connectivity index is 1.74. The van der Waals surface area contributed by atoms with E-state index in [1.54, 1.807) is 0 Å². The lowest BCUT2D eigenvalue weighted by Crippen LogP contribution is -2.31. The van der Waals surface area contributed by atoms with Crippen molar-refractivity contribution in [1.82, 2.24) is 5.32 Å². The van der Waals surface area contributed by atoms with Gasteiger partial charge < -0.3 is 10.6 Å². The highest BCUT2D eigenvalue weighted by Gasteiger charge is 2.31. The Hall–Kier alpha value is -3.25. The maximum Gasteiger partial charge on any atom is 0.416 e. The van der Waals surface area contributed by atoms with Gasteiger partial charge in [-0.3, -0.25) is 9.59 Å². The molecule has 1 heterocycles. The van der Waals surface area contributed by atoms with Gasteiger partial charge in [-0.05, 0) is 35.2 Å². The monoisotopic (exact) mass is 473 g/mol. The average molecular weight is 474 g/mol. The number of nitrogens with one attached hydrogen (secondary N) is 2. The molecule has 2 N–H and O–H groups in total. The van der Waals surface area contributed by atoms with Gasteiger partial charge in [-0.25, -0.2) is 0 Å². The van der Waals surface area contributed by atoms with Gasteiger partial charge in [0, 0.05) is 18.0 Å². The van der Waals surface area contributed by atoms with Crippen molar-refractivity contribution in [3.63, 3.8) is 0 Å². The van der Waals surface area contributed by atoms with E-state index >= 15 is 0 Å². The molecule has 0 saturated heterocycles. The lowest BCUT2D eigenvalue weighted by Gasteiger charge is -2.25. The van der Waals surface area contributed by atoms with E-state index in [0.29, 0.717) is 11.5 Å². The highest BCUT2D eigenvalue weighted by atomic mass is 32.2. The molecule has 5 nitrogen and oxygen atoms in total. The molecular weight excluding hydrogens is 451 g/mol. The predicted octanol–water partition coefficient (Wildman–Crippen LogP) is 5.54. The molecule has 0 spiro atoms. The Morgan fingerprint density at radius 3 is 2.55 bits per heavy atom. The van der Waals surface area contributed by atoms with Crippen LogP contribution in [0.3, 0.4) is 0 Å². The minimum absolute atomic E-state index is 0.0145. The van der Waals surface area contributed by atoms with Crippen molar-refractivity contribution in [1.29, 1.82) is 5.26 Å². The van der Waals surface area contributed by atoms with Crippen LogP contribution in [0.5, 0.6) is 0 Å². The lowest BCUT2D eigenvalue weighted by atomic mass is 9.86. The summed E-state index contributed by atoms with van der Waals surface area (Å²) in [5, 5.41) is 15.1. The molecule has 2 amide bonds. The van der Waals surface area contributed by atoms with E-state index in [1.165, 1.54) is 12.1 Å². The molecule has 1 aliphatic rings. The van der Waals surface area contributed by atoms with Crippen molar-refractivity contribution in [3.8, 4) is 6.07 Å². The molecule has 33 heavy (non-hydrogen) atoms. The Labute approximate surface area is 194 Å². The van der Waals surface area contributed by atoms with Gasteiger partial charge in [-0.2, -0.15) is 18.4 Å². The number of rotatable bonds is 6. The maximum absolute atomic E-state index is 12.9. The number of alkyl halides is 3. The van der Waals surface area contributed by atoms with Crippen molar-refractivity contribution in [2.45, 2.75) is 38.3 Å². The molecule has 2 aromatic carbocycles. The van der Waals surface area contributed by atoms with E-state index < -0.39 is 23.6 Å². The standard InChI is InChI=1S/C24H22F3N3O2S/c1-14(2)15-6-8-16(9-7-15)19-11-21(31)30-23(20(19)12-28)33-13-22(32)29-18-5-3-4-17(10-18)24(25,26)27/h3-10,14,19H,11,13H2,1-2H3,(H,29,32)(H,30,31)/t19-/m1/s1. The summed E-state index contributed by atoms with van der Waals surface area (Å²) in [6, 6.07) is 14.2. The van der Waals surface area contributed by atoms with Crippen LogP contribution in [0.1, 0.15) is 48.8 Å². The Morgan fingerprint density at radius 1 is 1.24 bits per heavy atom. The number of amides is 2. The Kier molecular flexibility index (Phi) is 7.49. The molecule has 0 unspecified atom stereocenters. The molecule has 172 valence electrons. The summed E-state index contributed by atoms with van der Waals surface area (Å²) < 4.78 is 38.6. The van der Waals surface area contributed by atoms with Gasteiger partial charge in [0.05, 0.1) is 28.0 Å². The van der Waals surface area contributed by atoms with Gasteiger partial charge in [0.25, 0.3) is 0 Å². The SMILES string of the molecule is CC(C)c1ccc([C@H]2CC(=O)NC(SCC(=O)Nc3cccc(C(F)(F)F)c3)=C2C#N)cc1. The number of hydrogen-bond acceptors (Lipinski definition) is 4. The third-order valence-corrected chi connectivity index (χ3v) is 6.20. The molecule has 0 fully saturated rings. The second-order valence-electron chi connectivity index (χ2n) is 7.90. The quantitative estimate of drug-likeness (QED) is 0.577. The smallest absolute Gasteiger partial charge is 0.325 e. The van der Waals surface area contributed by atoms with Gasteiger partial charge in [0.2, 0.25) is 11.8 Å². The summed E-state index contributed by atoms with van der Waals surface area (Å²) in [6.45, 7) is 4.14. The summed E-state index contributed by atoms with van der Waals surface area (Å²) in [5.74, 6) is -1.09. The lowest BCUT2D eigenvalue weighted by molar-refractivity contribution is -0.137. The summed E-state index contributed by atoms with van der Waals surface area (Å²) in [7, 11) is 0. The molecule has 0 bridgehead atoms. The van der Waals surface area contributed by atoms with Crippen LogP contribution in [0.4, 0.5) is 18.9 Å². The zero-order valence-electron chi connectivity index (χ0n) is 18.0. The topological polar surface area (TPSA) is 82.0 Å². The number of thioether (sulfide) groups is 1. The van der Waals surface area contributed by atoms with Gasteiger partial charge in [0.1, 0.15) is 0 Å². The van der Waals surface area contributed by atoms with Crippen LogP contribution in [0, 0.1) is 11.3 Å². The first-order valence-corrected chi connectivity index (χ1v) is 11.2. The first kappa shape index (κ1) is 24.4. The second kappa shape index (κ2) is 10.1. The van der Waals surface area contributed by atoms with Crippen molar-refractivity contribution < 1.29 is 22.8 Å². The van der Waals surface area contributed by atoms with Crippen LogP contribution in [-0.4, -0.2) is 17.6 Å². The zero-order chi connectivity index (χ0) is 24.2. The van der Waals surface area contributed by atoms with Crippen LogP contribution in [0.25, 0.3) is 0 Å². The van der Waals surface area contributed by atoms with Gasteiger partial charge in [-0.1, -0.05) is 55.9 Å². The van der Waals surface area contributed by atoms with Gasteiger partial charge in [-0.15, -0.1) is 0 Å². The fourth-order valence-corrected chi connectivity index (χ4v) is 4.32. The number of carbonyl (C=O) groups excluding carboxylic acids is 2. The largest absolute Gasteiger partial charge is 0.416 e. The minimum Gasteiger partial charge on any atom is -0.325 e. The zero-order valence-corrected chi connectivity index (χ0v) is 18.8. The van der Waals surface area contributed by atoms with E-state index in [-0.39, 0.29) is 28.8 Å². The fourth-order valence-electron chi connectivity index (χ4n) is 3.44. The summed E-state index contributed by atoms with van der Waals surface area (Å²) in [5.41, 5.74) is 1.47. The van der Waals surface area contributed by atoms with E-state index in [4.69, 9.17) is 0 Å². The van der Waals surface area contributed by atoms with Gasteiger partial charge >= 0.3 is 6.18 Å². The third-order valence-electron chi connectivity index (χ3n) is 5.18. The van der Waals surface area contributed by atoms with Crippen LogP contribution in [0.15, 0.2) is 59.1 Å². The van der Waals surface area contributed by atoms with Crippen LogP contribution >= 0.6 is 11.8 Å². The molecule has 0 radical (unpaired) electrons. The normalized spacial score (nSPS) is 16.4. The van der Waals surface area contributed by atoms with E-state index in [2.05, 4.69) is 30.6 Å². The maximum atomic E-state index is 12.9. The first-order chi connectivity index (χ1) is 15.6. The molecule has 0 saturated carbocycles. The van der Waals surface area contributed by atoms with Crippen molar-refractivity contribution in [3.05, 3.63) is 75.8 Å². The minimum atomic E-state index is -4.52. The highest BCUT2D eigenvalue weighted by Crippen LogP contribution is 2.36. The Bertz CT molecular complexity index is 1120. The number of carbonyl (C=O) groups is 2. The Morgan fingerprint density at radius 2 is 1.94 bits per heavy atom. The van der Waals surface area contributed by atoms with Gasteiger partial charge in [0.15, 0.2) is 0 Å². The number of benzene rings is 2. The van der Waals surface area contributed by atoms with Crippen molar-refractivity contribution in [2.75, 3.05) is 11.1 Å². The number of anilines is 1. The molecular formula is C24H22F3N3O2S.